The van der Waals surface area contributed by atoms with Crippen molar-refractivity contribution in [1.29, 1.82) is 0 Å². The van der Waals surface area contributed by atoms with Crippen molar-refractivity contribution in [3.05, 3.63) is 60.6 Å². The average molecular weight is 456 g/mol. The van der Waals surface area contributed by atoms with Gasteiger partial charge in [-0.2, -0.15) is 4.98 Å². The molecule has 1 aromatic carbocycles. The Labute approximate surface area is 197 Å². The van der Waals surface area contributed by atoms with Gasteiger partial charge in [-0.05, 0) is 43.4 Å². The number of pyridine rings is 1. The molecule has 0 saturated carbocycles. The van der Waals surface area contributed by atoms with E-state index in [-0.39, 0.29) is 5.91 Å². The van der Waals surface area contributed by atoms with Crippen molar-refractivity contribution < 1.29 is 4.79 Å². The maximum Gasteiger partial charge on any atom is 0.270 e. The fraction of sp³-hybridized carbons (Fsp3) is 0.292. The number of carbonyl (C=O) groups excluding carboxylic acids is 1. The highest BCUT2D eigenvalue weighted by Gasteiger charge is 2.39. The number of piperazine rings is 1. The lowest BCUT2D eigenvalue weighted by Gasteiger charge is -2.34. The number of anilines is 5. The lowest BCUT2D eigenvalue weighted by atomic mass is 10.2. The van der Waals surface area contributed by atoms with E-state index in [1.54, 1.807) is 35.6 Å². The number of nitrogens with one attached hydrogen (secondary N) is 1. The molecule has 1 N–H and O–H groups in total. The summed E-state index contributed by atoms with van der Waals surface area (Å²) in [6.07, 6.45) is 4.92. The number of aliphatic imine (C=N–C) groups is 1. The van der Waals surface area contributed by atoms with Crippen molar-refractivity contribution in [3.8, 4) is 0 Å². The van der Waals surface area contributed by atoms with Crippen LogP contribution in [0.4, 0.5) is 28.8 Å². The quantitative estimate of drug-likeness (QED) is 0.640. The number of carbonyl (C=O) groups is 1. The Hall–Kier alpha value is -4.05. The SMILES string of the molecule is CN1CCN(c2ccc(Nc3ncc4c(n3)N3CCN=C3N(c3ccncc3)C4=O)cc2)CC1. The van der Waals surface area contributed by atoms with Crippen LogP contribution < -0.4 is 20.0 Å². The molecular weight excluding hydrogens is 430 g/mol. The molecule has 3 aromatic rings. The Morgan fingerprint density at radius 1 is 0.912 bits per heavy atom. The van der Waals surface area contributed by atoms with Crippen LogP contribution in [0.2, 0.25) is 0 Å². The van der Waals surface area contributed by atoms with Gasteiger partial charge in [0.1, 0.15) is 5.56 Å². The number of nitrogens with zero attached hydrogens (tertiary/aromatic N) is 8. The smallest absolute Gasteiger partial charge is 0.270 e. The molecule has 0 aliphatic carbocycles. The molecule has 0 bridgehead atoms. The van der Waals surface area contributed by atoms with E-state index >= 15 is 0 Å². The Balaban J connectivity index is 1.24. The zero-order chi connectivity index (χ0) is 23.1. The number of likely N-dealkylation sites (N-methyl/N-ethyl adjacent to an activating group) is 1. The molecule has 1 fully saturated rings. The van der Waals surface area contributed by atoms with Crippen LogP contribution in [0.1, 0.15) is 10.4 Å². The Morgan fingerprint density at radius 3 is 2.44 bits per heavy atom. The number of aromatic nitrogens is 3. The molecule has 1 amide bonds. The zero-order valence-electron chi connectivity index (χ0n) is 18.9. The Bertz CT molecular complexity index is 1240. The first-order valence-corrected chi connectivity index (χ1v) is 11.4. The molecule has 172 valence electrons. The van der Waals surface area contributed by atoms with Crippen molar-refractivity contribution in [2.75, 3.05) is 66.3 Å². The fourth-order valence-electron chi connectivity index (χ4n) is 4.50. The molecule has 34 heavy (non-hydrogen) atoms. The minimum absolute atomic E-state index is 0.193. The van der Waals surface area contributed by atoms with E-state index in [0.29, 0.717) is 36.4 Å². The molecular formula is C24H25N9O. The van der Waals surface area contributed by atoms with Crippen molar-refractivity contribution in [2.24, 2.45) is 4.99 Å². The maximum absolute atomic E-state index is 13.3. The lowest BCUT2D eigenvalue weighted by molar-refractivity contribution is 0.1000. The number of amides is 1. The van der Waals surface area contributed by atoms with Crippen LogP contribution in [0.3, 0.4) is 0 Å². The zero-order valence-corrected chi connectivity index (χ0v) is 18.9. The summed E-state index contributed by atoms with van der Waals surface area (Å²) in [5.41, 5.74) is 3.28. The first-order chi connectivity index (χ1) is 16.7. The molecule has 0 atom stereocenters. The number of rotatable bonds is 4. The minimum atomic E-state index is -0.193. The normalized spacial score (nSPS) is 18.0. The number of hydrogen-bond acceptors (Lipinski definition) is 9. The first-order valence-electron chi connectivity index (χ1n) is 11.4. The molecule has 0 spiro atoms. The summed E-state index contributed by atoms with van der Waals surface area (Å²) in [6.45, 7) is 5.46. The predicted octanol–water partition coefficient (Wildman–Crippen LogP) is 2.20. The van der Waals surface area contributed by atoms with E-state index in [4.69, 9.17) is 4.98 Å². The summed E-state index contributed by atoms with van der Waals surface area (Å²) >= 11 is 0. The van der Waals surface area contributed by atoms with E-state index in [9.17, 15) is 4.79 Å². The highest BCUT2D eigenvalue weighted by atomic mass is 16.2. The summed E-state index contributed by atoms with van der Waals surface area (Å²) in [6, 6.07) is 11.9. The second kappa shape index (κ2) is 8.38. The second-order valence-electron chi connectivity index (χ2n) is 8.57. The first kappa shape index (κ1) is 20.5. The molecule has 1 saturated heterocycles. The summed E-state index contributed by atoms with van der Waals surface area (Å²) in [5, 5.41) is 3.28. The van der Waals surface area contributed by atoms with E-state index < -0.39 is 0 Å². The maximum atomic E-state index is 13.3. The van der Waals surface area contributed by atoms with Crippen LogP contribution in [0.25, 0.3) is 0 Å². The number of benzene rings is 1. The van der Waals surface area contributed by atoms with Crippen molar-refractivity contribution in [1.82, 2.24) is 19.9 Å². The number of fused-ring (bicyclic) bond motifs is 3. The van der Waals surface area contributed by atoms with Gasteiger partial charge in [0.05, 0.1) is 12.2 Å². The monoisotopic (exact) mass is 455 g/mol. The topological polar surface area (TPSA) is 93.1 Å². The van der Waals surface area contributed by atoms with E-state index in [0.717, 1.165) is 37.6 Å². The molecule has 5 heterocycles. The van der Waals surface area contributed by atoms with E-state index in [2.05, 4.69) is 49.3 Å². The highest BCUT2D eigenvalue weighted by molar-refractivity contribution is 6.31. The van der Waals surface area contributed by atoms with Crippen LogP contribution in [-0.4, -0.2) is 78.0 Å². The molecule has 10 nitrogen and oxygen atoms in total. The van der Waals surface area contributed by atoms with Crippen molar-refractivity contribution >= 4 is 40.7 Å². The van der Waals surface area contributed by atoms with Gasteiger partial charge in [-0.3, -0.25) is 19.7 Å². The molecule has 6 rings (SSSR count). The van der Waals surface area contributed by atoms with Gasteiger partial charge in [0.15, 0.2) is 5.82 Å². The largest absolute Gasteiger partial charge is 0.369 e. The average Bonchev–Trinajstić information content (AvgIpc) is 3.36. The minimum Gasteiger partial charge on any atom is -0.369 e. The predicted molar refractivity (Wildman–Crippen MR) is 132 cm³/mol. The summed E-state index contributed by atoms with van der Waals surface area (Å²) in [4.78, 5) is 39.4. The van der Waals surface area contributed by atoms with E-state index in [1.165, 1.54) is 5.69 Å². The van der Waals surface area contributed by atoms with Crippen LogP contribution >= 0.6 is 0 Å². The summed E-state index contributed by atoms with van der Waals surface area (Å²) < 4.78 is 0. The molecule has 10 heteroatoms. The third kappa shape index (κ3) is 3.61. The van der Waals surface area contributed by atoms with Gasteiger partial charge in [-0.1, -0.05) is 0 Å². The van der Waals surface area contributed by atoms with E-state index in [1.807, 2.05) is 17.0 Å². The molecule has 2 aromatic heterocycles. The van der Waals surface area contributed by atoms with Gasteiger partial charge in [-0.25, -0.2) is 9.88 Å². The standard InChI is InChI=1S/C24H25N9O/c1-30-12-14-31(15-13-30)18-4-2-17(3-5-18)28-23-27-16-20-21(29-23)32-11-10-26-24(32)33(22(20)34)19-6-8-25-9-7-19/h2-9,16H,10-15H2,1H3,(H,27,28,29). The molecule has 0 radical (unpaired) electrons. The highest BCUT2D eigenvalue weighted by Crippen LogP contribution is 2.32. The molecule has 3 aliphatic rings. The van der Waals surface area contributed by atoms with Crippen molar-refractivity contribution in [2.45, 2.75) is 0 Å². The van der Waals surface area contributed by atoms with Crippen LogP contribution in [-0.2, 0) is 0 Å². The van der Waals surface area contributed by atoms with Gasteiger partial charge < -0.3 is 15.1 Å². The van der Waals surface area contributed by atoms with Crippen LogP contribution in [0.15, 0.2) is 60.0 Å². The second-order valence-corrected chi connectivity index (χ2v) is 8.57. The Morgan fingerprint density at radius 2 is 1.68 bits per heavy atom. The Kier molecular flexibility index (Phi) is 5.06. The van der Waals surface area contributed by atoms with Gasteiger partial charge in [0.25, 0.3) is 5.91 Å². The van der Waals surface area contributed by atoms with Crippen molar-refractivity contribution in [3.63, 3.8) is 0 Å². The number of hydrogen-bond donors (Lipinski definition) is 1. The van der Waals surface area contributed by atoms with Gasteiger partial charge in [-0.15, -0.1) is 0 Å². The van der Waals surface area contributed by atoms with Crippen LogP contribution in [0, 0.1) is 0 Å². The number of guanidine groups is 1. The van der Waals surface area contributed by atoms with Crippen LogP contribution in [0.5, 0.6) is 0 Å². The third-order valence-corrected chi connectivity index (χ3v) is 6.39. The summed E-state index contributed by atoms with van der Waals surface area (Å²) in [7, 11) is 2.16. The third-order valence-electron chi connectivity index (χ3n) is 6.39. The van der Waals surface area contributed by atoms with Gasteiger partial charge in [0.2, 0.25) is 11.9 Å². The van der Waals surface area contributed by atoms with Gasteiger partial charge in [0, 0.05) is 62.7 Å². The van der Waals surface area contributed by atoms with Gasteiger partial charge >= 0.3 is 0 Å². The fourth-order valence-corrected chi connectivity index (χ4v) is 4.50. The lowest BCUT2D eigenvalue weighted by Crippen LogP contribution is -2.51. The molecule has 0 unspecified atom stereocenters. The molecule has 3 aliphatic heterocycles. The summed E-state index contributed by atoms with van der Waals surface area (Å²) in [5.74, 6) is 1.42.